The second kappa shape index (κ2) is 8.21. The fraction of sp³-hybridized carbons (Fsp3) is 0.300. The Kier molecular flexibility index (Phi) is 5.76. The summed E-state index contributed by atoms with van der Waals surface area (Å²) in [4.78, 5) is 27.0. The molecule has 0 radical (unpaired) electrons. The molecule has 1 saturated heterocycles. The molecule has 1 unspecified atom stereocenters. The minimum atomic E-state index is -0.395. The molecule has 0 aliphatic carbocycles. The minimum absolute atomic E-state index is 0.0636. The van der Waals surface area contributed by atoms with Crippen molar-refractivity contribution in [1.82, 2.24) is 10.2 Å². The van der Waals surface area contributed by atoms with Gasteiger partial charge in [-0.1, -0.05) is 48.5 Å². The first-order chi connectivity index (χ1) is 12.2. The number of carbonyl (C=O) groups excluding carboxylic acids is 2. The van der Waals surface area contributed by atoms with Gasteiger partial charge < -0.3 is 10.2 Å². The highest BCUT2D eigenvalue weighted by Gasteiger charge is 2.35. The van der Waals surface area contributed by atoms with E-state index in [-0.39, 0.29) is 11.8 Å². The van der Waals surface area contributed by atoms with Crippen LogP contribution >= 0.6 is 11.8 Å². The van der Waals surface area contributed by atoms with Gasteiger partial charge in [-0.2, -0.15) is 0 Å². The molecule has 1 aliphatic heterocycles. The normalized spacial score (nSPS) is 16.7. The Morgan fingerprint density at radius 3 is 2.60 bits per heavy atom. The third kappa shape index (κ3) is 4.23. The van der Waals surface area contributed by atoms with Crippen LogP contribution in [-0.4, -0.2) is 40.9 Å². The van der Waals surface area contributed by atoms with Crippen LogP contribution < -0.4 is 5.32 Å². The number of hydrogen-bond acceptors (Lipinski definition) is 3. The quantitative estimate of drug-likeness (QED) is 0.898. The molecule has 1 heterocycles. The van der Waals surface area contributed by atoms with E-state index in [0.717, 1.165) is 12.0 Å². The van der Waals surface area contributed by atoms with Crippen LogP contribution in [0, 0.1) is 6.92 Å². The molecule has 0 bridgehead atoms. The molecule has 1 atom stereocenters. The fourth-order valence-electron chi connectivity index (χ4n) is 2.92. The number of rotatable bonds is 5. The molecule has 0 aromatic heterocycles. The van der Waals surface area contributed by atoms with Gasteiger partial charge in [0.2, 0.25) is 5.91 Å². The van der Waals surface area contributed by atoms with E-state index in [4.69, 9.17) is 0 Å². The number of amides is 2. The molecule has 2 aromatic carbocycles. The summed E-state index contributed by atoms with van der Waals surface area (Å²) in [5, 5.41) is 2.98. The van der Waals surface area contributed by atoms with Crippen LogP contribution in [0.25, 0.3) is 0 Å². The molecule has 2 aromatic rings. The maximum atomic E-state index is 12.8. The number of hydrogen-bond donors (Lipinski definition) is 1. The zero-order valence-corrected chi connectivity index (χ0v) is 15.1. The summed E-state index contributed by atoms with van der Waals surface area (Å²) in [5.41, 5.74) is 2.80. The standard InChI is InChI=1S/C20H22N2O2S/c1-15-7-5-6-10-17(15)20(24)22-14-25-13-18(22)19(23)21-12-11-16-8-3-2-4-9-16/h2-10,18H,11-14H2,1H3,(H,21,23). The number of thioether (sulfide) groups is 1. The van der Waals surface area contributed by atoms with Gasteiger partial charge in [0.15, 0.2) is 0 Å². The molecule has 5 heteroatoms. The number of nitrogens with zero attached hydrogens (tertiary/aromatic N) is 1. The minimum Gasteiger partial charge on any atom is -0.354 e. The van der Waals surface area contributed by atoms with Crippen molar-refractivity contribution in [2.45, 2.75) is 19.4 Å². The summed E-state index contributed by atoms with van der Waals surface area (Å²) in [5.74, 6) is 1.08. The van der Waals surface area contributed by atoms with E-state index >= 15 is 0 Å². The topological polar surface area (TPSA) is 49.4 Å². The average molecular weight is 354 g/mol. The first-order valence-electron chi connectivity index (χ1n) is 8.43. The molecule has 1 aliphatic rings. The van der Waals surface area contributed by atoms with Crippen molar-refractivity contribution in [3.63, 3.8) is 0 Å². The highest BCUT2D eigenvalue weighted by atomic mass is 32.2. The van der Waals surface area contributed by atoms with E-state index < -0.39 is 6.04 Å². The predicted molar refractivity (Wildman–Crippen MR) is 102 cm³/mol. The van der Waals surface area contributed by atoms with Crippen LogP contribution in [0.5, 0.6) is 0 Å². The SMILES string of the molecule is Cc1ccccc1C(=O)N1CSCC1C(=O)NCCc1ccccc1. The summed E-state index contributed by atoms with van der Waals surface area (Å²) in [7, 11) is 0. The summed E-state index contributed by atoms with van der Waals surface area (Å²) in [6.07, 6.45) is 0.790. The summed E-state index contributed by atoms with van der Waals surface area (Å²) < 4.78 is 0. The van der Waals surface area contributed by atoms with E-state index in [2.05, 4.69) is 5.32 Å². The molecule has 1 fully saturated rings. The fourth-order valence-corrected chi connectivity index (χ4v) is 4.07. The number of carbonyl (C=O) groups is 2. The number of nitrogens with one attached hydrogen (secondary N) is 1. The summed E-state index contributed by atoms with van der Waals surface area (Å²) in [6.45, 7) is 2.50. The first kappa shape index (κ1) is 17.5. The molecule has 3 rings (SSSR count). The van der Waals surface area contributed by atoms with Crippen LogP contribution in [0.3, 0.4) is 0 Å². The molecule has 0 spiro atoms. The van der Waals surface area contributed by atoms with Gasteiger partial charge in [-0.15, -0.1) is 11.8 Å². The van der Waals surface area contributed by atoms with Crippen molar-refractivity contribution < 1.29 is 9.59 Å². The van der Waals surface area contributed by atoms with Gasteiger partial charge in [-0.3, -0.25) is 9.59 Å². The Morgan fingerprint density at radius 2 is 1.84 bits per heavy atom. The Labute approximate surface area is 152 Å². The van der Waals surface area contributed by atoms with Crippen molar-refractivity contribution in [3.8, 4) is 0 Å². The lowest BCUT2D eigenvalue weighted by molar-refractivity contribution is -0.124. The van der Waals surface area contributed by atoms with Gasteiger partial charge in [-0.25, -0.2) is 0 Å². The highest BCUT2D eigenvalue weighted by molar-refractivity contribution is 7.99. The molecule has 1 N–H and O–H groups in total. The van der Waals surface area contributed by atoms with Crippen molar-refractivity contribution in [3.05, 3.63) is 71.3 Å². The van der Waals surface area contributed by atoms with Crippen molar-refractivity contribution >= 4 is 23.6 Å². The molecule has 0 saturated carbocycles. The van der Waals surface area contributed by atoms with Crippen molar-refractivity contribution in [1.29, 1.82) is 0 Å². The lowest BCUT2D eigenvalue weighted by Gasteiger charge is -2.23. The zero-order valence-electron chi connectivity index (χ0n) is 14.3. The first-order valence-corrected chi connectivity index (χ1v) is 9.58. The van der Waals surface area contributed by atoms with Crippen molar-refractivity contribution in [2.75, 3.05) is 18.2 Å². The number of benzene rings is 2. The lowest BCUT2D eigenvalue weighted by atomic mass is 10.1. The molecule has 130 valence electrons. The molecular weight excluding hydrogens is 332 g/mol. The Hall–Kier alpha value is -2.27. The smallest absolute Gasteiger partial charge is 0.255 e. The summed E-state index contributed by atoms with van der Waals surface area (Å²) in [6, 6.07) is 17.2. The largest absolute Gasteiger partial charge is 0.354 e. The molecular formula is C20H22N2O2S. The van der Waals surface area contributed by atoms with E-state index in [0.29, 0.717) is 23.7 Å². The van der Waals surface area contributed by atoms with Gasteiger partial charge in [0.05, 0.1) is 5.88 Å². The Bertz CT molecular complexity index is 748. The summed E-state index contributed by atoms with van der Waals surface area (Å²) >= 11 is 1.62. The van der Waals surface area contributed by atoms with Crippen LogP contribution in [-0.2, 0) is 11.2 Å². The number of aryl methyl sites for hydroxylation is 1. The second-order valence-corrected chi connectivity index (χ2v) is 7.13. The van der Waals surface area contributed by atoms with Crippen molar-refractivity contribution in [2.24, 2.45) is 0 Å². The lowest BCUT2D eigenvalue weighted by Crippen LogP contribution is -2.47. The van der Waals surface area contributed by atoms with E-state index in [1.165, 1.54) is 5.56 Å². The van der Waals surface area contributed by atoms with Gasteiger partial charge in [0, 0.05) is 17.9 Å². The van der Waals surface area contributed by atoms with Crippen LogP contribution in [0.1, 0.15) is 21.5 Å². The van der Waals surface area contributed by atoms with Gasteiger partial charge in [0.25, 0.3) is 5.91 Å². The Morgan fingerprint density at radius 1 is 1.12 bits per heavy atom. The third-order valence-corrected chi connectivity index (χ3v) is 5.39. The van der Waals surface area contributed by atoms with E-state index in [1.807, 2.05) is 61.5 Å². The molecule has 25 heavy (non-hydrogen) atoms. The van der Waals surface area contributed by atoms with Gasteiger partial charge in [-0.05, 0) is 30.5 Å². The molecule has 2 amide bonds. The van der Waals surface area contributed by atoms with Crippen LogP contribution in [0.2, 0.25) is 0 Å². The second-order valence-electron chi connectivity index (χ2n) is 6.13. The maximum absolute atomic E-state index is 12.8. The van der Waals surface area contributed by atoms with Crippen LogP contribution in [0.4, 0.5) is 0 Å². The van der Waals surface area contributed by atoms with E-state index in [1.54, 1.807) is 16.7 Å². The zero-order chi connectivity index (χ0) is 17.6. The van der Waals surface area contributed by atoms with Gasteiger partial charge >= 0.3 is 0 Å². The van der Waals surface area contributed by atoms with Crippen LogP contribution in [0.15, 0.2) is 54.6 Å². The van der Waals surface area contributed by atoms with Gasteiger partial charge in [0.1, 0.15) is 6.04 Å². The molecule has 4 nitrogen and oxygen atoms in total. The average Bonchev–Trinajstić information content (AvgIpc) is 3.12. The van der Waals surface area contributed by atoms with E-state index in [9.17, 15) is 9.59 Å². The predicted octanol–water partition coefficient (Wildman–Crippen LogP) is 2.87. The Balaban J connectivity index is 1.60. The highest BCUT2D eigenvalue weighted by Crippen LogP contribution is 2.24. The third-order valence-electron chi connectivity index (χ3n) is 4.38. The monoisotopic (exact) mass is 354 g/mol. The maximum Gasteiger partial charge on any atom is 0.255 e.